The summed E-state index contributed by atoms with van der Waals surface area (Å²) in [6.07, 6.45) is 12.0. The van der Waals surface area contributed by atoms with E-state index in [4.69, 9.17) is 8.85 Å². The molecule has 0 bridgehead atoms. The molecule has 0 heterocycles. The zero-order valence-corrected chi connectivity index (χ0v) is 24.4. The Labute approximate surface area is 196 Å². The van der Waals surface area contributed by atoms with Gasteiger partial charge in [0.25, 0.3) is 0 Å². The highest BCUT2D eigenvalue weighted by molar-refractivity contribution is 6.75. The Hall–Kier alpha value is -1.01. The van der Waals surface area contributed by atoms with Crippen LogP contribution in [0.4, 0.5) is 0 Å². The van der Waals surface area contributed by atoms with Crippen LogP contribution in [0.15, 0.2) is 30.4 Å². The third-order valence-electron chi connectivity index (χ3n) is 7.04. The lowest BCUT2D eigenvalue weighted by Crippen LogP contribution is -2.44. The molecule has 1 rings (SSSR count). The highest BCUT2D eigenvalue weighted by Gasteiger charge is 2.40. The second-order valence-corrected chi connectivity index (χ2v) is 21.5. The first-order chi connectivity index (χ1) is 14.1. The fraction of sp³-hybridized carbons (Fsp3) is 0.704. The van der Waals surface area contributed by atoms with E-state index in [0.29, 0.717) is 0 Å². The minimum Gasteiger partial charge on any atom is -0.543 e. The molecular weight excluding hydrogens is 412 g/mol. The maximum Gasteiger partial charge on any atom is 0.250 e. The van der Waals surface area contributed by atoms with Crippen molar-refractivity contribution in [2.24, 2.45) is 0 Å². The van der Waals surface area contributed by atoms with Gasteiger partial charge in [0.1, 0.15) is 11.5 Å². The van der Waals surface area contributed by atoms with E-state index in [0.717, 1.165) is 17.9 Å². The van der Waals surface area contributed by atoms with E-state index in [1.165, 1.54) is 37.7 Å². The Morgan fingerprint density at radius 3 is 1.61 bits per heavy atom. The molecule has 0 N–H and O–H groups in total. The fourth-order valence-corrected chi connectivity index (χ4v) is 4.81. The van der Waals surface area contributed by atoms with E-state index in [1.54, 1.807) is 0 Å². The van der Waals surface area contributed by atoms with Crippen molar-refractivity contribution in [3.8, 4) is 11.5 Å². The van der Waals surface area contributed by atoms with Gasteiger partial charge < -0.3 is 8.85 Å². The predicted octanol–water partition coefficient (Wildman–Crippen LogP) is 9.52. The van der Waals surface area contributed by atoms with E-state index in [9.17, 15) is 0 Å². The van der Waals surface area contributed by atoms with Crippen molar-refractivity contribution in [3.05, 3.63) is 35.9 Å². The maximum absolute atomic E-state index is 6.67. The van der Waals surface area contributed by atoms with Crippen LogP contribution in [0, 0.1) is 0 Å². The maximum atomic E-state index is 6.67. The van der Waals surface area contributed by atoms with Gasteiger partial charge in [-0.25, -0.2) is 0 Å². The van der Waals surface area contributed by atoms with Crippen molar-refractivity contribution in [2.75, 3.05) is 0 Å². The Morgan fingerprint density at radius 2 is 1.19 bits per heavy atom. The average molecular weight is 463 g/mol. The summed E-state index contributed by atoms with van der Waals surface area (Å²) in [5, 5.41) is 0.337. The molecule has 31 heavy (non-hydrogen) atoms. The summed E-state index contributed by atoms with van der Waals surface area (Å²) in [5.41, 5.74) is 1.27. The number of hydrogen-bond acceptors (Lipinski definition) is 2. The highest BCUT2D eigenvalue weighted by Crippen LogP contribution is 2.40. The van der Waals surface area contributed by atoms with E-state index in [2.05, 4.69) is 105 Å². The van der Waals surface area contributed by atoms with Crippen molar-refractivity contribution in [3.63, 3.8) is 0 Å². The van der Waals surface area contributed by atoms with Crippen LogP contribution in [0.25, 0.3) is 0 Å². The van der Waals surface area contributed by atoms with E-state index in [-0.39, 0.29) is 10.1 Å². The van der Waals surface area contributed by atoms with Gasteiger partial charge in [-0.3, -0.25) is 0 Å². The van der Waals surface area contributed by atoms with Gasteiger partial charge in [0.05, 0.1) is 0 Å². The van der Waals surface area contributed by atoms with Gasteiger partial charge >= 0.3 is 0 Å². The lowest BCUT2D eigenvalue weighted by molar-refractivity contribution is 0.474. The lowest BCUT2D eigenvalue weighted by Gasteiger charge is -2.38. The molecule has 0 fully saturated rings. The Bertz CT molecular complexity index is 661. The minimum atomic E-state index is -1.91. The van der Waals surface area contributed by atoms with Gasteiger partial charge in [0.2, 0.25) is 16.6 Å². The van der Waals surface area contributed by atoms with Crippen LogP contribution in [-0.4, -0.2) is 16.6 Å². The van der Waals surface area contributed by atoms with Gasteiger partial charge in [0, 0.05) is 6.07 Å². The van der Waals surface area contributed by atoms with Gasteiger partial charge in [0.15, 0.2) is 0 Å². The van der Waals surface area contributed by atoms with Gasteiger partial charge in [-0.15, -0.1) is 0 Å². The van der Waals surface area contributed by atoms with Crippen molar-refractivity contribution in [1.82, 2.24) is 0 Å². The van der Waals surface area contributed by atoms with Crippen LogP contribution in [-0.2, 0) is 6.42 Å². The van der Waals surface area contributed by atoms with Crippen LogP contribution in [0.2, 0.25) is 36.3 Å². The van der Waals surface area contributed by atoms with Crippen LogP contribution >= 0.6 is 0 Å². The normalized spacial score (nSPS) is 13.6. The second-order valence-electron chi connectivity index (χ2n) is 12.1. The Balaban J connectivity index is 3.09. The Morgan fingerprint density at radius 1 is 0.710 bits per heavy atom. The first kappa shape index (κ1) is 28.0. The van der Waals surface area contributed by atoms with Gasteiger partial charge in [-0.2, -0.15) is 0 Å². The molecule has 4 heteroatoms. The molecule has 0 saturated heterocycles. The molecule has 2 nitrogen and oxygen atoms in total. The van der Waals surface area contributed by atoms with Crippen LogP contribution in [0.1, 0.15) is 86.1 Å². The third-order valence-corrected chi connectivity index (χ3v) is 15.8. The molecule has 0 radical (unpaired) electrons. The topological polar surface area (TPSA) is 18.5 Å². The molecule has 0 saturated carbocycles. The molecule has 0 spiro atoms. The Kier molecular flexibility index (Phi) is 10.1. The summed E-state index contributed by atoms with van der Waals surface area (Å²) in [6, 6.07) is 6.57. The molecular formula is C27H50O2Si2. The van der Waals surface area contributed by atoms with E-state index < -0.39 is 16.6 Å². The largest absolute Gasteiger partial charge is 0.543 e. The summed E-state index contributed by atoms with van der Waals surface area (Å²) in [7, 11) is -3.81. The summed E-state index contributed by atoms with van der Waals surface area (Å²) in [6.45, 7) is 25.2. The monoisotopic (exact) mass is 462 g/mol. The minimum absolute atomic E-state index is 0.168. The van der Waals surface area contributed by atoms with Crippen molar-refractivity contribution in [2.45, 2.75) is 123 Å². The number of hydrogen-bond donors (Lipinski definition) is 0. The molecule has 0 aromatic heterocycles. The quantitative estimate of drug-likeness (QED) is 0.185. The molecule has 1 aromatic carbocycles. The van der Waals surface area contributed by atoms with Crippen LogP contribution < -0.4 is 8.85 Å². The third kappa shape index (κ3) is 9.17. The molecule has 0 atom stereocenters. The zero-order chi connectivity index (χ0) is 23.9. The zero-order valence-electron chi connectivity index (χ0n) is 22.4. The van der Waals surface area contributed by atoms with Crippen molar-refractivity contribution >= 4 is 16.6 Å². The summed E-state index contributed by atoms with van der Waals surface area (Å²) < 4.78 is 13.3. The summed E-state index contributed by atoms with van der Waals surface area (Å²) in [4.78, 5) is 0. The first-order valence-electron chi connectivity index (χ1n) is 12.3. The van der Waals surface area contributed by atoms with Crippen molar-refractivity contribution < 1.29 is 8.85 Å². The highest BCUT2D eigenvalue weighted by atomic mass is 28.4. The second kappa shape index (κ2) is 11.2. The number of allylic oxidation sites excluding steroid dienone is 2. The van der Waals surface area contributed by atoms with Gasteiger partial charge in [-0.05, 0) is 73.2 Å². The number of unbranched alkanes of at least 4 members (excludes halogenated alkanes) is 4. The molecule has 0 unspecified atom stereocenters. The predicted molar refractivity (Wildman–Crippen MR) is 144 cm³/mol. The first-order valence-corrected chi connectivity index (χ1v) is 18.1. The van der Waals surface area contributed by atoms with Crippen LogP contribution in [0.5, 0.6) is 11.5 Å². The molecule has 0 aliphatic rings. The smallest absolute Gasteiger partial charge is 0.250 e. The molecule has 178 valence electrons. The molecule has 0 aliphatic carbocycles. The SMILES string of the molecule is CCCCCC/C=C\Cc1cc(O[Si](C)(C)C(C)(C)C)cc(O[Si](C)(C)C(C)(C)C)c1. The van der Waals surface area contributed by atoms with E-state index >= 15 is 0 Å². The van der Waals surface area contributed by atoms with Gasteiger partial charge in [-0.1, -0.05) is 79.9 Å². The summed E-state index contributed by atoms with van der Waals surface area (Å²) >= 11 is 0. The number of benzene rings is 1. The molecule has 1 aromatic rings. The summed E-state index contributed by atoms with van der Waals surface area (Å²) in [5.74, 6) is 1.93. The number of rotatable bonds is 11. The molecule has 0 aliphatic heterocycles. The standard InChI is InChI=1S/C27H50O2Si2/c1-12-13-14-15-16-17-18-19-23-20-24(28-30(8,9)26(2,3)4)22-25(21-23)29-31(10,11)27(5,6)7/h17-18,20-22H,12-16,19H2,1-11H3/b18-17-. The van der Waals surface area contributed by atoms with E-state index in [1.807, 2.05) is 0 Å². The van der Waals surface area contributed by atoms with Crippen molar-refractivity contribution in [1.29, 1.82) is 0 Å². The lowest BCUT2D eigenvalue weighted by atomic mass is 10.1. The fourth-order valence-electron chi connectivity index (χ4n) is 2.79. The van der Waals surface area contributed by atoms with Crippen LogP contribution in [0.3, 0.4) is 0 Å². The average Bonchev–Trinajstić information content (AvgIpc) is 2.58. The molecule has 0 amide bonds.